The van der Waals surface area contributed by atoms with Crippen molar-refractivity contribution in [2.75, 3.05) is 0 Å². The zero-order valence-electron chi connectivity index (χ0n) is 9.10. The van der Waals surface area contributed by atoms with Crippen LogP contribution in [0.5, 0.6) is 0 Å². The van der Waals surface area contributed by atoms with E-state index in [1.165, 1.54) is 10.9 Å². The van der Waals surface area contributed by atoms with Crippen molar-refractivity contribution in [3.63, 3.8) is 0 Å². The third-order valence-corrected chi connectivity index (χ3v) is 3.16. The second-order valence-electron chi connectivity index (χ2n) is 3.55. The molecule has 7 heteroatoms. The summed E-state index contributed by atoms with van der Waals surface area (Å²) in [4.78, 5) is 19.7. The Morgan fingerprint density at radius 3 is 2.76 bits per heavy atom. The highest BCUT2D eigenvalue weighted by Gasteiger charge is 2.08. The molecular weight excluding hydrogens is 263 g/mol. The van der Waals surface area contributed by atoms with E-state index in [0.29, 0.717) is 13.0 Å². The van der Waals surface area contributed by atoms with Crippen LogP contribution in [-0.4, -0.2) is 19.1 Å². The van der Waals surface area contributed by atoms with E-state index in [4.69, 9.17) is 23.2 Å². The molecule has 0 unspecified atom stereocenters. The average Bonchev–Trinajstić information content (AvgIpc) is 2.71. The van der Waals surface area contributed by atoms with Crippen LogP contribution < -0.4 is 5.56 Å². The Bertz CT molecular complexity index is 590. The van der Waals surface area contributed by atoms with Crippen molar-refractivity contribution in [2.45, 2.75) is 13.0 Å². The summed E-state index contributed by atoms with van der Waals surface area (Å²) in [6, 6.07) is 0. The normalized spacial score (nSPS) is 10.8. The van der Waals surface area contributed by atoms with E-state index in [1.807, 2.05) is 17.8 Å². The summed E-state index contributed by atoms with van der Waals surface area (Å²) in [5.74, 6) is 0.892. The van der Waals surface area contributed by atoms with Crippen molar-refractivity contribution in [1.82, 2.24) is 19.1 Å². The van der Waals surface area contributed by atoms with E-state index in [0.717, 1.165) is 5.82 Å². The van der Waals surface area contributed by atoms with Gasteiger partial charge in [0.05, 0.1) is 6.33 Å². The van der Waals surface area contributed by atoms with Gasteiger partial charge in [-0.15, -0.1) is 0 Å². The van der Waals surface area contributed by atoms with Crippen molar-refractivity contribution in [1.29, 1.82) is 0 Å². The van der Waals surface area contributed by atoms with Gasteiger partial charge in [-0.3, -0.25) is 9.36 Å². The molecule has 0 aliphatic heterocycles. The highest BCUT2D eigenvalue weighted by atomic mass is 35.5. The highest BCUT2D eigenvalue weighted by Crippen LogP contribution is 2.12. The molecule has 0 fully saturated rings. The molecule has 0 aromatic carbocycles. The monoisotopic (exact) mass is 272 g/mol. The van der Waals surface area contributed by atoms with Crippen LogP contribution >= 0.6 is 23.2 Å². The van der Waals surface area contributed by atoms with Crippen LogP contribution in [0.15, 0.2) is 23.5 Å². The number of halogens is 2. The lowest BCUT2D eigenvalue weighted by Gasteiger charge is -2.06. The van der Waals surface area contributed by atoms with Crippen molar-refractivity contribution in [3.8, 4) is 0 Å². The number of rotatable bonds is 3. The molecule has 0 N–H and O–H groups in total. The third kappa shape index (κ3) is 2.50. The van der Waals surface area contributed by atoms with Crippen LogP contribution in [0.3, 0.4) is 0 Å². The number of hydrogen-bond donors (Lipinski definition) is 0. The van der Waals surface area contributed by atoms with E-state index in [1.54, 1.807) is 6.20 Å². The van der Waals surface area contributed by atoms with Gasteiger partial charge < -0.3 is 4.57 Å². The lowest BCUT2D eigenvalue weighted by Crippen LogP contribution is -2.22. The maximum Gasteiger partial charge on any atom is 0.273 e. The molecule has 0 amide bonds. The van der Waals surface area contributed by atoms with Crippen molar-refractivity contribution >= 4 is 23.2 Å². The van der Waals surface area contributed by atoms with Crippen LogP contribution in [0.25, 0.3) is 0 Å². The molecule has 2 aromatic rings. The topological polar surface area (TPSA) is 52.7 Å². The molecule has 0 atom stereocenters. The molecule has 2 aromatic heterocycles. The second-order valence-corrected chi connectivity index (χ2v) is 4.29. The summed E-state index contributed by atoms with van der Waals surface area (Å²) in [5, 5.41) is -0.0149. The van der Waals surface area contributed by atoms with Crippen LogP contribution in [-0.2, 0) is 20.0 Å². The van der Waals surface area contributed by atoms with Crippen molar-refractivity contribution < 1.29 is 0 Å². The minimum Gasteiger partial charge on any atom is -0.338 e. The van der Waals surface area contributed by atoms with Crippen LogP contribution in [0.4, 0.5) is 0 Å². The fourth-order valence-electron chi connectivity index (χ4n) is 1.46. The average molecular weight is 273 g/mol. The number of hydrogen-bond acceptors (Lipinski definition) is 3. The maximum atomic E-state index is 11.7. The highest BCUT2D eigenvalue weighted by molar-refractivity contribution is 6.40. The quantitative estimate of drug-likeness (QED) is 0.797. The lowest BCUT2D eigenvalue weighted by molar-refractivity contribution is 0.621. The number of aryl methyl sites for hydroxylation is 3. The minimum atomic E-state index is -0.333. The van der Waals surface area contributed by atoms with Gasteiger partial charge >= 0.3 is 0 Å². The summed E-state index contributed by atoms with van der Waals surface area (Å²) in [6.45, 7) is 0.466. The molecule has 0 aliphatic carbocycles. The Labute approximate surface area is 108 Å². The molecule has 0 saturated carbocycles. The van der Waals surface area contributed by atoms with Gasteiger partial charge in [-0.1, -0.05) is 23.2 Å². The summed E-state index contributed by atoms with van der Waals surface area (Å²) in [6.07, 6.45) is 5.58. The van der Waals surface area contributed by atoms with Crippen LogP contribution in [0, 0.1) is 0 Å². The van der Waals surface area contributed by atoms with Crippen LogP contribution in [0.2, 0.25) is 10.2 Å². The van der Waals surface area contributed by atoms with E-state index in [-0.39, 0.29) is 15.7 Å². The van der Waals surface area contributed by atoms with Crippen molar-refractivity contribution in [3.05, 3.63) is 45.1 Å². The van der Waals surface area contributed by atoms with E-state index >= 15 is 0 Å². The Kier molecular flexibility index (Phi) is 3.49. The molecule has 2 rings (SSSR count). The Morgan fingerprint density at radius 2 is 2.12 bits per heavy atom. The molecule has 90 valence electrons. The first-order valence-corrected chi connectivity index (χ1v) is 5.72. The fraction of sp³-hybridized carbons (Fsp3) is 0.300. The predicted octanol–water partition coefficient (Wildman–Crippen LogP) is 1.53. The molecule has 0 aliphatic rings. The van der Waals surface area contributed by atoms with E-state index < -0.39 is 0 Å². The van der Waals surface area contributed by atoms with Gasteiger partial charge in [0.15, 0.2) is 5.15 Å². The van der Waals surface area contributed by atoms with E-state index in [2.05, 4.69) is 9.97 Å². The standard InChI is InChI=1S/C10H10Cl2N4O/c1-15-5-3-13-7(15)2-4-16-6-14-9(12)8(11)10(16)17/h3,5-6H,2,4H2,1H3. The van der Waals surface area contributed by atoms with Gasteiger partial charge in [-0.05, 0) is 0 Å². The Hall–Kier alpha value is -1.33. The summed E-state index contributed by atoms with van der Waals surface area (Å²) >= 11 is 11.4. The maximum absolute atomic E-state index is 11.7. The van der Waals surface area contributed by atoms with Gasteiger partial charge in [0.2, 0.25) is 0 Å². The lowest BCUT2D eigenvalue weighted by atomic mass is 10.4. The summed E-state index contributed by atoms with van der Waals surface area (Å²) in [5.41, 5.74) is -0.333. The largest absolute Gasteiger partial charge is 0.338 e. The Morgan fingerprint density at radius 1 is 1.35 bits per heavy atom. The van der Waals surface area contributed by atoms with Gasteiger partial charge in [0.1, 0.15) is 10.8 Å². The number of nitrogens with zero attached hydrogens (tertiary/aromatic N) is 4. The fourth-order valence-corrected chi connectivity index (χ4v) is 1.74. The first kappa shape index (κ1) is 12.1. The molecule has 5 nitrogen and oxygen atoms in total. The molecule has 0 spiro atoms. The zero-order chi connectivity index (χ0) is 12.4. The zero-order valence-corrected chi connectivity index (χ0v) is 10.6. The molecule has 0 saturated heterocycles. The SMILES string of the molecule is Cn1ccnc1CCn1cnc(Cl)c(Cl)c1=O. The first-order chi connectivity index (χ1) is 8.09. The van der Waals surface area contributed by atoms with E-state index in [9.17, 15) is 4.79 Å². The molecule has 0 bridgehead atoms. The molecular formula is C10H10Cl2N4O. The third-order valence-electron chi connectivity index (χ3n) is 2.44. The molecule has 0 radical (unpaired) electrons. The van der Waals surface area contributed by atoms with Gasteiger partial charge in [0.25, 0.3) is 5.56 Å². The van der Waals surface area contributed by atoms with Crippen molar-refractivity contribution in [2.24, 2.45) is 7.05 Å². The summed E-state index contributed by atoms with van der Waals surface area (Å²) < 4.78 is 3.32. The molecule has 17 heavy (non-hydrogen) atoms. The number of aromatic nitrogens is 4. The van der Waals surface area contributed by atoms with Gasteiger partial charge in [-0.25, -0.2) is 9.97 Å². The predicted molar refractivity (Wildman–Crippen MR) is 65.4 cm³/mol. The van der Waals surface area contributed by atoms with Gasteiger partial charge in [-0.2, -0.15) is 0 Å². The molecule has 2 heterocycles. The second kappa shape index (κ2) is 4.89. The smallest absolute Gasteiger partial charge is 0.273 e. The minimum absolute atomic E-state index is 0.0323. The summed E-state index contributed by atoms with van der Waals surface area (Å²) in [7, 11) is 1.90. The first-order valence-electron chi connectivity index (χ1n) is 4.96. The van der Waals surface area contributed by atoms with Crippen LogP contribution in [0.1, 0.15) is 5.82 Å². The Balaban J connectivity index is 2.18. The number of imidazole rings is 1. The van der Waals surface area contributed by atoms with Gasteiger partial charge in [0, 0.05) is 32.4 Å².